The molecule has 0 atom stereocenters. The minimum Gasteiger partial charge on any atom is -0.494 e. The Kier molecular flexibility index (Phi) is 9.35. The first kappa shape index (κ1) is 26.7. The predicted molar refractivity (Wildman–Crippen MR) is 150 cm³/mol. The van der Waals surface area contributed by atoms with E-state index in [2.05, 4.69) is 24.3 Å². The van der Waals surface area contributed by atoms with Crippen LogP contribution in [-0.4, -0.2) is 33.3 Å². The van der Waals surface area contributed by atoms with Crippen LogP contribution in [0, 0.1) is 0 Å². The van der Waals surface area contributed by atoms with E-state index in [0.29, 0.717) is 19.4 Å². The molecule has 0 bridgehead atoms. The second kappa shape index (κ2) is 13.3. The summed E-state index contributed by atoms with van der Waals surface area (Å²) in [6.45, 7) is 0.525. The second-order valence-electron chi connectivity index (χ2n) is 9.36. The van der Waals surface area contributed by atoms with Crippen LogP contribution in [0.2, 0.25) is 0 Å². The molecule has 1 aromatic heterocycles. The van der Waals surface area contributed by atoms with E-state index in [4.69, 9.17) is 9.84 Å². The number of rotatable bonds is 14. The van der Waals surface area contributed by atoms with Gasteiger partial charge in [-0.3, -0.25) is 9.59 Å². The summed E-state index contributed by atoms with van der Waals surface area (Å²) in [5, 5.41) is 19.4. The number of aromatic nitrogens is 1. The Hall–Kier alpha value is -4.32. The Morgan fingerprint density at radius 3 is 2.32 bits per heavy atom. The third-order valence-corrected chi connectivity index (χ3v) is 6.46. The third-order valence-electron chi connectivity index (χ3n) is 6.46. The van der Waals surface area contributed by atoms with Crippen molar-refractivity contribution in [1.29, 1.82) is 0 Å². The lowest BCUT2D eigenvalue weighted by Gasteiger charge is -2.07. The summed E-state index contributed by atoms with van der Waals surface area (Å²) in [4.78, 5) is 22.4. The molecule has 0 saturated carbocycles. The molecule has 0 aliphatic carbocycles. The maximum Gasteiger partial charge on any atom is 0.323 e. The fourth-order valence-electron chi connectivity index (χ4n) is 4.62. The van der Waals surface area contributed by atoms with Crippen molar-refractivity contribution in [2.24, 2.45) is 0 Å². The van der Waals surface area contributed by atoms with Gasteiger partial charge < -0.3 is 19.5 Å². The highest BCUT2D eigenvalue weighted by molar-refractivity contribution is 5.94. The number of benzene rings is 3. The summed E-state index contributed by atoms with van der Waals surface area (Å²) >= 11 is 0. The van der Waals surface area contributed by atoms with Crippen molar-refractivity contribution in [3.05, 3.63) is 101 Å². The second-order valence-corrected chi connectivity index (χ2v) is 9.36. The molecule has 0 radical (unpaired) electrons. The molecule has 1 heterocycles. The van der Waals surface area contributed by atoms with Crippen molar-refractivity contribution in [2.45, 2.75) is 45.1 Å². The van der Waals surface area contributed by atoms with Crippen LogP contribution < -0.4 is 4.74 Å². The molecule has 6 heteroatoms. The van der Waals surface area contributed by atoms with Gasteiger partial charge in [0.25, 0.3) is 0 Å². The minimum absolute atomic E-state index is 0.0819. The van der Waals surface area contributed by atoms with Gasteiger partial charge in [0.15, 0.2) is 0 Å². The first-order chi connectivity index (χ1) is 18.5. The van der Waals surface area contributed by atoms with Crippen molar-refractivity contribution < 1.29 is 24.5 Å². The molecule has 2 N–H and O–H groups in total. The Morgan fingerprint density at radius 1 is 0.789 bits per heavy atom. The van der Waals surface area contributed by atoms with Gasteiger partial charge in [0.2, 0.25) is 0 Å². The van der Waals surface area contributed by atoms with Crippen LogP contribution in [0.15, 0.2) is 79.0 Å². The van der Waals surface area contributed by atoms with Gasteiger partial charge in [0, 0.05) is 18.0 Å². The van der Waals surface area contributed by atoms with Crippen molar-refractivity contribution in [3.63, 3.8) is 0 Å². The number of aliphatic carboxylic acids is 2. The summed E-state index contributed by atoms with van der Waals surface area (Å²) in [6, 6.07) is 24.3. The van der Waals surface area contributed by atoms with E-state index in [9.17, 15) is 14.7 Å². The number of unbranched alkanes of at least 4 members (excludes halogenated alkanes) is 1. The van der Waals surface area contributed by atoms with E-state index in [1.165, 1.54) is 5.56 Å². The summed E-state index contributed by atoms with van der Waals surface area (Å²) < 4.78 is 7.64. The number of carboxylic acid groups (broad SMARTS) is 2. The number of hydrogen-bond donors (Lipinski definition) is 2. The van der Waals surface area contributed by atoms with Gasteiger partial charge in [0.1, 0.15) is 12.3 Å². The smallest absolute Gasteiger partial charge is 0.323 e. The van der Waals surface area contributed by atoms with Gasteiger partial charge >= 0.3 is 11.9 Å². The Labute approximate surface area is 222 Å². The lowest BCUT2D eigenvalue weighted by atomic mass is 10.0. The predicted octanol–water partition coefficient (Wildman–Crippen LogP) is 6.71. The molecule has 3 aromatic carbocycles. The highest BCUT2D eigenvalue weighted by Crippen LogP contribution is 2.28. The Balaban J connectivity index is 1.40. The van der Waals surface area contributed by atoms with Gasteiger partial charge in [-0.2, -0.15) is 0 Å². The highest BCUT2D eigenvalue weighted by Gasteiger charge is 2.13. The average Bonchev–Trinajstić information content (AvgIpc) is 3.25. The van der Waals surface area contributed by atoms with Crippen LogP contribution in [0.25, 0.3) is 23.1 Å². The van der Waals surface area contributed by atoms with E-state index < -0.39 is 11.9 Å². The lowest BCUT2D eigenvalue weighted by molar-refractivity contribution is -0.138. The molecular formula is C32H33NO5. The minimum atomic E-state index is -0.923. The molecule has 4 rings (SSSR count). The van der Waals surface area contributed by atoms with Crippen LogP contribution >= 0.6 is 0 Å². The maximum atomic E-state index is 11.5. The third kappa shape index (κ3) is 7.59. The highest BCUT2D eigenvalue weighted by atomic mass is 16.5. The molecular weight excluding hydrogens is 478 g/mol. The molecule has 6 nitrogen and oxygen atoms in total. The Morgan fingerprint density at radius 2 is 1.58 bits per heavy atom. The zero-order chi connectivity index (χ0) is 26.7. The first-order valence-corrected chi connectivity index (χ1v) is 13.0. The summed E-state index contributed by atoms with van der Waals surface area (Å²) in [5.74, 6) is -0.916. The number of ether oxygens (including phenoxy) is 1. The molecule has 0 saturated heterocycles. The van der Waals surface area contributed by atoms with Crippen LogP contribution in [-0.2, 0) is 29.0 Å². The molecule has 4 aromatic rings. The maximum absolute atomic E-state index is 11.5. The fraction of sp³-hybridized carbons (Fsp3) is 0.250. The van der Waals surface area contributed by atoms with Crippen molar-refractivity contribution in [2.75, 3.05) is 6.61 Å². The van der Waals surface area contributed by atoms with E-state index in [0.717, 1.165) is 52.6 Å². The molecule has 0 aliphatic heterocycles. The number of carbonyl (C=O) groups is 2. The van der Waals surface area contributed by atoms with E-state index in [1.54, 1.807) is 4.57 Å². The lowest BCUT2D eigenvalue weighted by Crippen LogP contribution is -2.07. The largest absolute Gasteiger partial charge is 0.494 e. The van der Waals surface area contributed by atoms with E-state index >= 15 is 0 Å². The Bertz CT molecular complexity index is 1390. The monoisotopic (exact) mass is 511 g/mol. The standard InChI is InChI=1S/C32H33NO5/c34-30(35)14-7-12-27-22-33(23-31(36)37)32-26(11-6-13-29(27)32)18-15-25-16-19-28(20-17-25)38-21-5-4-10-24-8-2-1-3-9-24/h1-3,6,8-9,11,13,15-20,22H,4-5,7,10,12,14,21,23H2,(H,34,35)(H,36,37). The zero-order valence-electron chi connectivity index (χ0n) is 21.4. The summed E-state index contributed by atoms with van der Waals surface area (Å²) in [7, 11) is 0. The molecule has 0 fully saturated rings. The number of para-hydroxylation sites is 1. The molecule has 0 spiro atoms. The van der Waals surface area contributed by atoms with Crippen LogP contribution in [0.5, 0.6) is 5.75 Å². The normalized spacial score (nSPS) is 11.3. The quantitative estimate of drug-likeness (QED) is 0.145. The average molecular weight is 512 g/mol. The molecule has 0 unspecified atom stereocenters. The SMILES string of the molecule is O=C(O)CCCc1cn(CC(=O)O)c2c(C=Cc3ccc(OCCCCc4ccccc4)cc3)cccc12. The van der Waals surface area contributed by atoms with Crippen LogP contribution in [0.4, 0.5) is 0 Å². The molecule has 0 amide bonds. The van der Waals surface area contributed by atoms with E-state index in [1.807, 2.05) is 66.9 Å². The van der Waals surface area contributed by atoms with Crippen LogP contribution in [0.1, 0.15) is 47.9 Å². The first-order valence-electron chi connectivity index (χ1n) is 13.0. The van der Waals surface area contributed by atoms with Crippen molar-refractivity contribution in [1.82, 2.24) is 4.57 Å². The van der Waals surface area contributed by atoms with Gasteiger partial charge in [0.05, 0.1) is 12.1 Å². The van der Waals surface area contributed by atoms with Crippen molar-refractivity contribution in [3.8, 4) is 5.75 Å². The number of fused-ring (bicyclic) bond motifs is 1. The van der Waals surface area contributed by atoms with Crippen LogP contribution in [0.3, 0.4) is 0 Å². The molecule has 196 valence electrons. The van der Waals surface area contributed by atoms with Crippen molar-refractivity contribution >= 4 is 35.0 Å². The van der Waals surface area contributed by atoms with Gasteiger partial charge in [-0.1, -0.05) is 72.8 Å². The zero-order valence-corrected chi connectivity index (χ0v) is 21.4. The fourth-order valence-corrected chi connectivity index (χ4v) is 4.62. The summed E-state index contributed by atoms with van der Waals surface area (Å²) in [5.41, 5.74) is 5.07. The molecule has 38 heavy (non-hydrogen) atoms. The number of hydrogen-bond acceptors (Lipinski definition) is 3. The molecule has 0 aliphatic rings. The van der Waals surface area contributed by atoms with Gasteiger partial charge in [-0.15, -0.1) is 0 Å². The topological polar surface area (TPSA) is 88.8 Å². The number of aryl methyl sites for hydroxylation is 2. The van der Waals surface area contributed by atoms with Gasteiger partial charge in [-0.25, -0.2) is 0 Å². The van der Waals surface area contributed by atoms with Gasteiger partial charge in [-0.05, 0) is 66.5 Å². The number of carboxylic acids is 2. The summed E-state index contributed by atoms with van der Waals surface area (Å²) in [6.07, 6.45) is 10.1. The number of nitrogens with zero attached hydrogens (tertiary/aromatic N) is 1. The van der Waals surface area contributed by atoms with E-state index in [-0.39, 0.29) is 13.0 Å².